The van der Waals surface area contributed by atoms with E-state index in [9.17, 15) is 0 Å². The summed E-state index contributed by atoms with van der Waals surface area (Å²) < 4.78 is 0. The summed E-state index contributed by atoms with van der Waals surface area (Å²) in [5.41, 5.74) is 4.66. The smallest absolute Gasteiger partial charge is 0.116 e. The SMILES string of the molecule is CCc1ccc(-c2nc(CS)[nH]c2C)cc1. The van der Waals surface area contributed by atoms with Crippen molar-refractivity contribution in [3.63, 3.8) is 0 Å². The minimum atomic E-state index is 0.647. The van der Waals surface area contributed by atoms with Crippen LogP contribution in [0.1, 0.15) is 24.0 Å². The van der Waals surface area contributed by atoms with Crippen molar-refractivity contribution in [2.24, 2.45) is 0 Å². The van der Waals surface area contributed by atoms with Gasteiger partial charge in [0.25, 0.3) is 0 Å². The number of imidazole rings is 1. The average Bonchev–Trinajstić information content (AvgIpc) is 2.71. The van der Waals surface area contributed by atoms with Crippen LogP contribution in [0.15, 0.2) is 24.3 Å². The molecule has 0 spiro atoms. The molecule has 0 unspecified atom stereocenters. The van der Waals surface area contributed by atoms with Crippen LogP contribution < -0.4 is 0 Å². The molecule has 3 heteroatoms. The number of nitrogens with zero attached hydrogens (tertiary/aromatic N) is 1. The second-order valence-corrected chi connectivity index (χ2v) is 4.18. The quantitative estimate of drug-likeness (QED) is 0.780. The van der Waals surface area contributed by atoms with Gasteiger partial charge in [-0.1, -0.05) is 31.2 Å². The Morgan fingerprint density at radius 3 is 2.44 bits per heavy atom. The Balaban J connectivity index is 2.38. The highest BCUT2D eigenvalue weighted by Gasteiger charge is 2.07. The fourth-order valence-electron chi connectivity index (χ4n) is 1.78. The Bertz CT molecular complexity index is 471. The third-order valence-electron chi connectivity index (χ3n) is 2.72. The highest BCUT2D eigenvalue weighted by molar-refractivity contribution is 7.79. The zero-order valence-electron chi connectivity index (χ0n) is 9.62. The minimum Gasteiger partial charge on any atom is -0.345 e. The molecule has 84 valence electrons. The van der Waals surface area contributed by atoms with Gasteiger partial charge in [0.15, 0.2) is 0 Å². The van der Waals surface area contributed by atoms with E-state index in [4.69, 9.17) is 0 Å². The van der Waals surface area contributed by atoms with Gasteiger partial charge in [0, 0.05) is 17.0 Å². The van der Waals surface area contributed by atoms with Crippen LogP contribution in [0.25, 0.3) is 11.3 Å². The highest BCUT2D eigenvalue weighted by Crippen LogP contribution is 2.22. The lowest BCUT2D eigenvalue weighted by molar-refractivity contribution is 1.11. The number of hydrogen-bond donors (Lipinski definition) is 2. The summed E-state index contributed by atoms with van der Waals surface area (Å²) in [5, 5.41) is 0. The zero-order chi connectivity index (χ0) is 11.5. The van der Waals surface area contributed by atoms with Crippen molar-refractivity contribution in [1.29, 1.82) is 0 Å². The molecule has 0 amide bonds. The number of aromatic nitrogens is 2. The van der Waals surface area contributed by atoms with E-state index in [0.717, 1.165) is 23.6 Å². The van der Waals surface area contributed by atoms with Gasteiger partial charge in [-0.25, -0.2) is 4.98 Å². The van der Waals surface area contributed by atoms with Gasteiger partial charge in [0.1, 0.15) is 5.82 Å². The summed E-state index contributed by atoms with van der Waals surface area (Å²) in [6.45, 7) is 4.21. The van der Waals surface area contributed by atoms with Gasteiger partial charge in [-0.05, 0) is 18.9 Å². The highest BCUT2D eigenvalue weighted by atomic mass is 32.1. The molecule has 16 heavy (non-hydrogen) atoms. The van der Waals surface area contributed by atoms with E-state index in [1.807, 2.05) is 6.92 Å². The van der Waals surface area contributed by atoms with Gasteiger partial charge >= 0.3 is 0 Å². The number of thiol groups is 1. The number of aryl methyl sites for hydroxylation is 2. The molecule has 0 radical (unpaired) electrons. The van der Waals surface area contributed by atoms with Gasteiger partial charge in [0.05, 0.1) is 5.69 Å². The summed E-state index contributed by atoms with van der Waals surface area (Å²) >= 11 is 4.22. The van der Waals surface area contributed by atoms with Crippen molar-refractivity contribution in [2.45, 2.75) is 26.0 Å². The van der Waals surface area contributed by atoms with Crippen LogP contribution in [-0.4, -0.2) is 9.97 Å². The average molecular weight is 232 g/mol. The van der Waals surface area contributed by atoms with E-state index in [1.54, 1.807) is 0 Å². The number of aromatic amines is 1. The molecule has 1 aromatic carbocycles. The normalized spacial score (nSPS) is 10.7. The minimum absolute atomic E-state index is 0.647. The molecule has 0 aliphatic heterocycles. The molecule has 2 aromatic rings. The molecule has 0 saturated carbocycles. The first kappa shape index (κ1) is 11.3. The summed E-state index contributed by atoms with van der Waals surface area (Å²) in [5.74, 6) is 1.57. The van der Waals surface area contributed by atoms with E-state index in [-0.39, 0.29) is 0 Å². The van der Waals surface area contributed by atoms with Crippen LogP contribution in [0.2, 0.25) is 0 Å². The van der Waals surface area contributed by atoms with Crippen molar-refractivity contribution in [3.05, 3.63) is 41.3 Å². The van der Waals surface area contributed by atoms with Crippen LogP contribution in [0.3, 0.4) is 0 Å². The third-order valence-corrected chi connectivity index (χ3v) is 3.02. The van der Waals surface area contributed by atoms with Crippen LogP contribution in [0, 0.1) is 6.92 Å². The van der Waals surface area contributed by atoms with E-state index in [1.165, 1.54) is 11.1 Å². The van der Waals surface area contributed by atoms with Crippen molar-refractivity contribution in [1.82, 2.24) is 9.97 Å². The maximum atomic E-state index is 4.52. The van der Waals surface area contributed by atoms with Crippen molar-refractivity contribution in [2.75, 3.05) is 0 Å². The molecule has 2 rings (SSSR count). The van der Waals surface area contributed by atoms with Crippen LogP contribution in [0.5, 0.6) is 0 Å². The van der Waals surface area contributed by atoms with Crippen LogP contribution >= 0.6 is 12.6 Å². The first-order valence-electron chi connectivity index (χ1n) is 5.50. The van der Waals surface area contributed by atoms with Gasteiger partial charge < -0.3 is 4.98 Å². The molecule has 0 aliphatic carbocycles. The number of nitrogens with one attached hydrogen (secondary N) is 1. The predicted octanol–water partition coefficient (Wildman–Crippen LogP) is 3.38. The molecular formula is C13H16N2S. The van der Waals surface area contributed by atoms with Crippen molar-refractivity contribution < 1.29 is 0 Å². The predicted molar refractivity (Wildman–Crippen MR) is 70.8 cm³/mol. The van der Waals surface area contributed by atoms with E-state index >= 15 is 0 Å². The Hall–Kier alpha value is -1.22. The van der Waals surface area contributed by atoms with Crippen LogP contribution in [0.4, 0.5) is 0 Å². The number of benzene rings is 1. The number of H-pyrrole nitrogens is 1. The molecule has 1 aromatic heterocycles. The summed E-state index contributed by atoms with van der Waals surface area (Å²) in [4.78, 5) is 7.76. The largest absolute Gasteiger partial charge is 0.345 e. The van der Waals surface area contributed by atoms with Gasteiger partial charge in [-0.2, -0.15) is 12.6 Å². The fraction of sp³-hybridized carbons (Fsp3) is 0.308. The molecular weight excluding hydrogens is 216 g/mol. The van der Waals surface area contributed by atoms with E-state index in [2.05, 4.69) is 53.8 Å². The first-order valence-corrected chi connectivity index (χ1v) is 6.13. The van der Waals surface area contributed by atoms with E-state index in [0.29, 0.717) is 5.75 Å². The lowest BCUT2D eigenvalue weighted by Crippen LogP contribution is -1.84. The molecule has 0 saturated heterocycles. The lowest BCUT2D eigenvalue weighted by Gasteiger charge is -2.00. The second-order valence-electron chi connectivity index (χ2n) is 3.87. The molecule has 0 aliphatic rings. The molecule has 1 heterocycles. The first-order chi connectivity index (χ1) is 7.74. The van der Waals surface area contributed by atoms with Gasteiger partial charge in [-0.15, -0.1) is 0 Å². The number of rotatable bonds is 3. The topological polar surface area (TPSA) is 28.7 Å². The summed E-state index contributed by atoms with van der Waals surface area (Å²) in [6.07, 6.45) is 1.07. The van der Waals surface area contributed by atoms with Crippen molar-refractivity contribution in [3.8, 4) is 11.3 Å². The Labute approximate surface area is 102 Å². The standard InChI is InChI=1S/C13H16N2S/c1-3-10-4-6-11(7-5-10)13-9(2)14-12(8-16)15-13/h4-7,16H,3,8H2,1-2H3,(H,14,15). The Morgan fingerprint density at radius 1 is 1.25 bits per heavy atom. The van der Waals surface area contributed by atoms with Crippen LogP contribution in [-0.2, 0) is 12.2 Å². The zero-order valence-corrected chi connectivity index (χ0v) is 10.5. The van der Waals surface area contributed by atoms with Gasteiger partial charge in [0.2, 0.25) is 0 Å². The maximum absolute atomic E-state index is 4.52. The number of hydrogen-bond acceptors (Lipinski definition) is 2. The molecule has 0 bridgehead atoms. The Morgan fingerprint density at radius 2 is 1.94 bits per heavy atom. The lowest BCUT2D eigenvalue weighted by atomic mass is 10.1. The summed E-state index contributed by atoms with van der Waals surface area (Å²) in [7, 11) is 0. The van der Waals surface area contributed by atoms with Crippen molar-refractivity contribution >= 4 is 12.6 Å². The van der Waals surface area contributed by atoms with Gasteiger partial charge in [-0.3, -0.25) is 0 Å². The maximum Gasteiger partial charge on any atom is 0.116 e. The molecule has 1 N–H and O–H groups in total. The molecule has 0 fully saturated rings. The summed E-state index contributed by atoms with van der Waals surface area (Å²) in [6, 6.07) is 8.57. The molecule has 0 atom stereocenters. The Kier molecular flexibility index (Phi) is 3.34. The second kappa shape index (κ2) is 4.74. The van der Waals surface area contributed by atoms with E-state index < -0.39 is 0 Å². The third kappa shape index (κ3) is 2.14. The fourth-order valence-corrected chi connectivity index (χ4v) is 1.93. The monoisotopic (exact) mass is 232 g/mol. The molecule has 2 nitrogen and oxygen atoms in total.